The number of anilines is 1. The Bertz CT molecular complexity index is 794. The van der Waals surface area contributed by atoms with Crippen molar-refractivity contribution >= 4 is 11.9 Å². The maximum absolute atomic E-state index is 13.0. The maximum Gasteiger partial charge on any atom is 0.272 e. The number of rotatable bonds is 5. The molecule has 1 aromatic heterocycles. The Morgan fingerprint density at radius 3 is 2.50 bits per heavy atom. The molecule has 4 rings (SSSR count). The quantitative estimate of drug-likeness (QED) is 0.846. The van der Waals surface area contributed by atoms with Gasteiger partial charge in [-0.1, -0.05) is 43.2 Å². The number of carbonyl (C=O) groups is 1. The highest BCUT2D eigenvalue weighted by atomic mass is 16.2. The van der Waals surface area contributed by atoms with Crippen molar-refractivity contribution < 1.29 is 4.79 Å². The Labute approximate surface area is 167 Å². The predicted molar refractivity (Wildman–Crippen MR) is 111 cm³/mol. The molecule has 0 bridgehead atoms. The predicted octanol–water partition coefficient (Wildman–Crippen LogP) is 4.23. The fraction of sp³-hybridized carbons (Fsp3) is 0.522. The highest BCUT2D eigenvalue weighted by Crippen LogP contribution is 2.24. The van der Waals surface area contributed by atoms with Crippen molar-refractivity contribution in [2.24, 2.45) is 5.92 Å². The molecule has 28 heavy (non-hydrogen) atoms. The number of piperidine rings is 1. The molecule has 5 heteroatoms. The lowest BCUT2D eigenvalue weighted by atomic mass is 9.90. The molecule has 0 spiro atoms. The average Bonchev–Trinajstić information content (AvgIpc) is 3.21. The van der Waals surface area contributed by atoms with Gasteiger partial charge in [0.15, 0.2) is 0 Å². The Kier molecular flexibility index (Phi) is 5.89. The van der Waals surface area contributed by atoms with E-state index in [1.165, 1.54) is 18.4 Å². The summed E-state index contributed by atoms with van der Waals surface area (Å²) in [5, 5.41) is 3.42. The van der Waals surface area contributed by atoms with E-state index in [0.29, 0.717) is 23.6 Å². The number of nitrogens with zero attached hydrogens (tertiary/aromatic N) is 3. The first kappa shape index (κ1) is 18.9. The zero-order valence-corrected chi connectivity index (χ0v) is 16.7. The number of aryl methyl sites for hydroxylation is 1. The van der Waals surface area contributed by atoms with Crippen LogP contribution in [-0.2, 0) is 6.42 Å². The van der Waals surface area contributed by atoms with E-state index in [1.807, 2.05) is 17.9 Å². The fourth-order valence-electron chi connectivity index (χ4n) is 4.44. The molecular formula is C23H30N4O. The lowest BCUT2D eigenvalue weighted by Crippen LogP contribution is -2.39. The molecule has 148 valence electrons. The van der Waals surface area contributed by atoms with Crippen LogP contribution in [0.15, 0.2) is 36.4 Å². The van der Waals surface area contributed by atoms with Gasteiger partial charge in [0.2, 0.25) is 5.95 Å². The third kappa shape index (κ3) is 4.70. The van der Waals surface area contributed by atoms with Gasteiger partial charge in [-0.25, -0.2) is 9.97 Å². The van der Waals surface area contributed by atoms with Crippen LogP contribution in [0.4, 0.5) is 5.95 Å². The molecular weight excluding hydrogens is 348 g/mol. The molecule has 0 radical (unpaired) electrons. The smallest absolute Gasteiger partial charge is 0.272 e. The molecule has 2 fully saturated rings. The van der Waals surface area contributed by atoms with Crippen LogP contribution in [0.1, 0.15) is 60.3 Å². The molecule has 1 saturated carbocycles. The molecule has 5 nitrogen and oxygen atoms in total. The molecule has 2 aromatic rings. The lowest BCUT2D eigenvalue weighted by molar-refractivity contribution is 0.0684. The summed E-state index contributed by atoms with van der Waals surface area (Å²) < 4.78 is 0. The molecule has 1 amide bonds. The molecule has 1 N–H and O–H groups in total. The summed E-state index contributed by atoms with van der Waals surface area (Å²) in [6, 6.07) is 12.9. The Morgan fingerprint density at radius 1 is 1.07 bits per heavy atom. The first-order valence-electron chi connectivity index (χ1n) is 10.6. The SMILES string of the molecule is Cc1cc(C(=O)N2CCC(Cc3ccccc3)CC2)nc(NC2CCCC2)n1. The van der Waals surface area contributed by atoms with Gasteiger partial charge in [-0.2, -0.15) is 0 Å². The molecule has 1 aromatic carbocycles. The van der Waals surface area contributed by atoms with Crippen LogP contribution in [-0.4, -0.2) is 39.9 Å². The van der Waals surface area contributed by atoms with E-state index in [9.17, 15) is 4.79 Å². The normalized spacial score (nSPS) is 18.4. The van der Waals surface area contributed by atoms with E-state index in [1.54, 1.807) is 0 Å². The summed E-state index contributed by atoms with van der Waals surface area (Å²) in [5.41, 5.74) is 2.76. The highest BCUT2D eigenvalue weighted by Gasteiger charge is 2.25. The first-order chi connectivity index (χ1) is 13.7. The van der Waals surface area contributed by atoms with Crippen LogP contribution in [0.25, 0.3) is 0 Å². The van der Waals surface area contributed by atoms with Gasteiger partial charge in [0.25, 0.3) is 5.91 Å². The van der Waals surface area contributed by atoms with E-state index >= 15 is 0 Å². The summed E-state index contributed by atoms with van der Waals surface area (Å²) in [5.74, 6) is 1.30. The Morgan fingerprint density at radius 2 is 1.79 bits per heavy atom. The highest BCUT2D eigenvalue weighted by molar-refractivity contribution is 5.92. The van der Waals surface area contributed by atoms with E-state index in [-0.39, 0.29) is 5.91 Å². The van der Waals surface area contributed by atoms with Gasteiger partial charge >= 0.3 is 0 Å². The number of aromatic nitrogens is 2. The van der Waals surface area contributed by atoms with Crippen molar-refractivity contribution in [1.29, 1.82) is 0 Å². The topological polar surface area (TPSA) is 58.1 Å². The maximum atomic E-state index is 13.0. The number of amides is 1. The van der Waals surface area contributed by atoms with Gasteiger partial charge in [0, 0.05) is 24.8 Å². The molecule has 0 unspecified atom stereocenters. The zero-order valence-electron chi connectivity index (χ0n) is 16.7. The number of hydrogen-bond acceptors (Lipinski definition) is 4. The summed E-state index contributed by atoms with van der Waals surface area (Å²) >= 11 is 0. The van der Waals surface area contributed by atoms with Crippen molar-refractivity contribution in [2.45, 2.75) is 57.9 Å². The third-order valence-corrected chi connectivity index (χ3v) is 6.03. The second-order valence-electron chi connectivity index (χ2n) is 8.27. The summed E-state index contributed by atoms with van der Waals surface area (Å²) in [4.78, 5) is 24.0. The van der Waals surface area contributed by atoms with Crippen molar-refractivity contribution in [2.75, 3.05) is 18.4 Å². The molecule has 1 saturated heterocycles. The summed E-state index contributed by atoms with van der Waals surface area (Å²) in [7, 11) is 0. The molecule has 0 atom stereocenters. The minimum Gasteiger partial charge on any atom is -0.351 e. The first-order valence-corrected chi connectivity index (χ1v) is 10.6. The minimum absolute atomic E-state index is 0.0399. The van der Waals surface area contributed by atoms with Gasteiger partial charge in [0.05, 0.1) is 0 Å². The van der Waals surface area contributed by atoms with E-state index < -0.39 is 0 Å². The van der Waals surface area contributed by atoms with Gasteiger partial charge < -0.3 is 10.2 Å². The van der Waals surface area contributed by atoms with Crippen molar-refractivity contribution in [3.05, 3.63) is 53.3 Å². The van der Waals surface area contributed by atoms with Gasteiger partial charge in [-0.05, 0) is 56.6 Å². The number of benzene rings is 1. The van der Waals surface area contributed by atoms with Crippen LogP contribution in [0.3, 0.4) is 0 Å². The Balaban J connectivity index is 1.36. The zero-order chi connectivity index (χ0) is 19.3. The molecule has 2 heterocycles. The van der Waals surface area contributed by atoms with Crippen LogP contribution in [0.2, 0.25) is 0 Å². The minimum atomic E-state index is 0.0399. The standard InChI is InChI=1S/C23H30N4O/c1-17-15-21(26-23(24-17)25-20-9-5-6-10-20)22(28)27-13-11-19(12-14-27)16-18-7-3-2-4-8-18/h2-4,7-8,15,19-20H,5-6,9-14,16H2,1H3,(H,24,25,26). The molecule has 1 aliphatic heterocycles. The molecule has 1 aliphatic carbocycles. The number of likely N-dealkylation sites (tertiary alicyclic amines) is 1. The summed E-state index contributed by atoms with van der Waals surface area (Å²) in [6.07, 6.45) is 8.05. The van der Waals surface area contributed by atoms with Crippen molar-refractivity contribution in [3.8, 4) is 0 Å². The van der Waals surface area contributed by atoms with E-state index in [2.05, 4.69) is 45.6 Å². The van der Waals surface area contributed by atoms with Gasteiger partial charge in [0.1, 0.15) is 5.69 Å². The average molecular weight is 379 g/mol. The largest absolute Gasteiger partial charge is 0.351 e. The van der Waals surface area contributed by atoms with Gasteiger partial charge in [-0.3, -0.25) is 4.79 Å². The Hall–Kier alpha value is -2.43. The lowest BCUT2D eigenvalue weighted by Gasteiger charge is -2.32. The second-order valence-corrected chi connectivity index (χ2v) is 8.27. The fourth-order valence-corrected chi connectivity index (χ4v) is 4.44. The van der Waals surface area contributed by atoms with Crippen LogP contribution in [0, 0.1) is 12.8 Å². The third-order valence-electron chi connectivity index (χ3n) is 6.03. The number of hydrogen-bond donors (Lipinski definition) is 1. The van der Waals surface area contributed by atoms with Crippen LogP contribution in [0.5, 0.6) is 0 Å². The number of carbonyl (C=O) groups excluding carboxylic acids is 1. The number of nitrogens with one attached hydrogen (secondary N) is 1. The second kappa shape index (κ2) is 8.72. The monoisotopic (exact) mass is 378 g/mol. The van der Waals surface area contributed by atoms with Crippen LogP contribution >= 0.6 is 0 Å². The van der Waals surface area contributed by atoms with Crippen molar-refractivity contribution in [1.82, 2.24) is 14.9 Å². The van der Waals surface area contributed by atoms with Crippen LogP contribution < -0.4 is 5.32 Å². The van der Waals surface area contributed by atoms with E-state index in [0.717, 1.165) is 50.9 Å². The summed E-state index contributed by atoms with van der Waals surface area (Å²) in [6.45, 7) is 3.56. The van der Waals surface area contributed by atoms with E-state index in [4.69, 9.17) is 0 Å². The molecule has 2 aliphatic rings. The van der Waals surface area contributed by atoms with Gasteiger partial charge in [-0.15, -0.1) is 0 Å². The van der Waals surface area contributed by atoms with Crippen molar-refractivity contribution in [3.63, 3.8) is 0 Å².